The number of para-hydroxylation sites is 2. The molecule has 0 N–H and O–H groups in total. The van der Waals surface area contributed by atoms with Crippen molar-refractivity contribution in [2.24, 2.45) is 0 Å². The number of rotatable bonds is 2. The highest BCUT2D eigenvalue weighted by Gasteiger charge is 2.65. The minimum absolute atomic E-state index is 0.380. The average Bonchev–Trinajstić information content (AvgIpc) is 2.82. The molecule has 0 unspecified atom stereocenters. The first-order chi connectivity index (χ1) is 15.2. The van der Waals surface area contributed by atoms with Gasteiger partial charge in [-0.3, -0.25) is 0 Å². The van der Waals surface area contributed by atoms with E-state index in [0.29, 0.717) is 33.1 Å². The van der Waals surface area contributed by atoms with E-state index in [1.807, 2.05) is 109 Å². The fourth-order valence-electron chi connectivity index (χ4n) is 4.88. The van der Waals surface area contributed by atoms with Gasteiger partial charge in [-0.15, -0.1) is 0 Å². The van der Waals surface area contributed by atoms with Crippen molar-refractivity contribution < 1.29 is 13.2 Å². The predicted octanol–water partition coefficient (Wildman–Crippen LogP) is 6.03. The predicted molar refractivity (Wildman–Crippen MR) is 122 cm³/mol. The van der Waals surface area contributed by atoms with Crippen LogP contribution in [0, 0.1) is 0 Å². The Balaban J connectivity index is 1.81. The fourth-order valence-corrected chi connectivity index (χ4v) is 7.42. The van der Waals surface area contributed by atoms with Gasteiger partial charge in [-0.25, -0.2) is 8.42 Å². The highest BCUT2D eigenvalue weighted by atomic mass is 32.2. The molecule has 31 heavy (non-hydrogen) atoms. The van der Waals surface area contributed by atoms with Crippen LogP contribution in [0.25, 0.3) is 10.5 Å². The Labute approximate surface area is 181 Å². The van der Waals surface area contributed by atoms with Crippen LogP contribution in [0.15, 0.2) is 109 Å². The molecule has 0 saturated heterocycles. The zero-order chi connectivity index (χ0) is 21.1. The molecule has 3 nitrogen and oxygen atoms in total. The summed E-state index contributed by atoms with van der Waals surface area (Å²) in [5, 5.41) is 0. The molecule has 6 rings (SSSR count). The van der Waals surface area contributed by atoms with Crippen LogP contribution in [0.2, 0.25) is 0 Å². The zero-order valence-electron chi connectivity index (χ0n) is 16.5. The van der Waals surface area contributed by atoms with E-state index in [4.69, 9.17) is 4.74 Å². The van der Waals surface area contributed by atoms with Crippen molar-refractivity contribution in [1.29, 1.82) is 0 Å². The van der Waals surface area contributed by atoms with Gasteiger partial charge in [-0.2, -0.15) is 0 Å². The lowest BCUT2D eigenvalue weighted by molar-refractivity contribution is 0.444. The van der Waals surface area contributed by atoms with Gasteiger partial charge in [0.15, 0.2) is 14.6 Å². The highest BCUT2D eigenvalue weighted by Crippen LogP contribution is 2.67. The maximum Gasteiger partial charge on any atom is 0.197 e. The summed E-state index contributed by atoms with van der Waals surface area (Å²) in [5.74, 6) is 1.15. The summed E-state index contributed by atoms with van der Waals surface area (Å²) in [6.07, 6.45) is 0. The molecule has 4 aromatic rings. The van der Waals surface area contributed by atoms with Crippen molar-refractivity contribution in [3.8, 4) is 11.5 Å². The first-order valence-corrected chi connectivity index (χ1v) is 11.6. The van der Waals surface area contributed by atoms with Crippen LogP contribution in [0.5, 0.6) is 11.5 Å². The van der Waals surface area contributed by atoms with Gasteiger partial charge in [0.2, 0.25) is 0 Å². The maximum atomic E-state index is 14.3. The van der Waals surface area contributed by atoms with Gasteiger partial charge in [-0.05, 0) is 23.3 Å². The molecule has 0 aromatic heterocycles. The van der Waals surface area contributed by atoms with Crippen LogP contribution in [0.3, 0.4) is 0 Å². The van der Waals surface area contributed by atoms with Crippen LogP contribution < -0.4 is 4.74 Å². The lowest BCUT2D eigenvalue weighted by Gasteiger charge is -2.49. The molecule has 4 aromatic carbocycles. The molecule has 150 valence electrons. The third-order valence-electron chi connectivity index (χ3n) is 6.10. The largest absolute Gasteiger partial charge is 0.457 e. The third-order valence-corrected chi connectivity index (χ3v) is 8.53. The van der Waals surface area contributed by atoms with Crippen molar-refractivity contribution >= 4 is 20.3 Å². The molecular formula is C27H18O3S. The van der Waals surface area contributed by atoms with Gasteiger partial charge in [0, 0.05) is 16.7 Å². The smallest absolute Gasteiger partial charge is 0.197 e. The number of fused-ring (bicyclic) bond motifs is 4. The Morgan fingerprint density at radius 1 is 0.548 bits per heavy atom. The van der Waals surface area contributed by atoms with E-state index in [9.17, 15) is 8.42 Å². The van der Waals surface area contributed by atoms with Crippen LogP contribution in [0.1, 0.15) is 22.3 Å². The quantitative estimate of drug-likeness (QED) is 0.396. The van der Waals surface area contributed by atoms with E-state index in [-0.39, 0.29) is 0 Å². The summed E-state index contributed by atoms with van der Waals surface area (Å²) >= 11 is 0. The van der Waals surface area contributed by atoms with E-state index < -0.39 is 14.6 Å². The van der Waals surface area contributed by atoms with Gasteiger partial charge < -0.3 is 4.74 Å². The lowest BCUT2D eigenvalue weighted by atomic mass is 9.76. The van der Waals surface area contributed by atoms with Gasteiger partial charge >= 0.3 is 0 Å². The normalized spacial score (nSPS) is 17.3. The zero-order valence-corrected chi connectivity index (χ0v) is 17.3. The van der Waals surface area contributed by atoms with Crippen molar-refractivity contribution in [1.82, 2.24) is 0 Å². The van der Waals surface area contributed by atoms with Gasteiger partial charge in [0.05, 0.1) is 4.91 Å². The molecule has 0 bridgehead atoms. The van der Waals surface area contributed by atoms with E-state index in [1.165, 1.54) is 0 Å². The summed E-state index contributed by atoms with van der Waals surface area (Å²) in [5.41, 5.74) is 3.71. The van der Waals surface area contributed by atoms with Gasteiger partial charge in [0.25, 0.3) is 0 Å². The number of hydrogen-bond donors (Lipinski definition) is 0. The number of ether oxygens (including phenoxy) is 1. The van der Waals surface area contributed by atoms with Crippen LogP contribution in [0.4, 0.5) is 0 Å². The molecule has 2 heterocycles. The second-order valence-corrected chi connectivity index (χ2v) is 9.74. The molecule has 0 radical (unpaired) electrons. The average molecular weight is 423 g/mol. The molecule has 0 saturated carbocycles. The Morgan fingerprint density at radius 2 is 1.00 bits per heavy atom. The number of hydrogen-bond acceptors (Lipinski definition) is 3. The van der Waals surface area contributed by atoms with Crippen LogP contribution in [-0.2, 0) is 14.6 Å². The van der Waals surface area contributed by atoms with Crippen LogP contribution >= 0.6 is 0 Å². The molecule has 0 aliphatic carbocycles. The topological polar surface area (TPSA) is 43.4 Å². The van der Waals surface area contributed by atoms with E-state index in [2.05, 4.69) is 0 Å². The van der Waals surface area contributed by atoms with Gasteiger partial charge in [-0.1, -0.05) is 97.1 Å². The standard InChI is InChI=1S/C27H18O3S/c28-31(29)26(20-13-5-2-6-14-20)25(19-11-3-1-4-12-19)27(31)21-15-7-9-17-23(21)30-24-18-10-8-16-22(24)27/h1-18H. The van der Waals surface area contributed by atoms with E-state index in [1.54, 1.807) is 0 Å². The summed E-state index contributed by atoms with van der Waals surface area (Å²) in [4.78, 5) is 0.380. The number of benzene rings is 4. The first kappa shape index (κ1) is 18.2. The maximum absolute atomic E-state index is 14.3. The first-order valence-electron chi connectivity index (χ1n) is 10.1. The minimum atomic E-state index is -3.76. The second kappa shape index (κ2) is 6.43. The monoisotopic (exact) mass is 422 g/mol. The van der Waals surface area contributed by atoms with Gasteiger partial charge in [0.1, 0.15) is 11.5 Å². The van der Waals surface area contributed by atoms with Crippen molar-refractivity contribution in [3.63, 3.8) is 0 Å². The molecule has 0 amide bonds. The Hall–Kier alpha value is -3.63. The van der Waals surface area contributed by atoms with E-state index >= 15 is 0 Å². The molecule has 0 fully saturated rings. The molecule has 4 heteroatoms. The molecule has 1 spiro atoms. The lowest BCUT2D eigenvalue weighted by Crippen LogP contribution is -2.48. The fraction of sp³-hybridized carbons (Fsp3) is 0.0370. The number of sulfone groups is 1. The molecular weight excluding hydrogens is 404 g/mol. The highest BCUT2D eigenvalue weighted by molar-refractivity contribution is 8.04. The Morgan fingerprint density at radius 3 is 1.55 bits per heavy atom. The SMILES string of the molecule is O=S1(=O)C(c2ccccc2)=C(c2ccccc2)C12c1ccccc1Oc1ccccc12. The summed E-state index contributed by atoms with van der Waals surface area (Å²) in [6.45, 7) is 0. The molecule has 2 aliphatic heterocycles. The second-order valence-electron chi connectivity index (χ2n) is 7.72. The van der Waals surface area contributed by atoms with Crippen molar-refractivity contribution in [3.05, 3.63) is 131 Å². The summed E-state index contributed by atoms with van der Waals surface area (Å²) in [7, 11) is -3.76. The third kappa shape index (κ3) is 2.25. The summed E-state index contributed by atoms with van der Waals surface area (Å²) < 4.78 is 33.5. The van der Waals surface area contributed by atoms with Crippen molar-refractivity contribution in [2.75, 3.05) is 0 Å². The molecule has 2 aliphatic rings. The summed E-state index contributed by atoms with van der Waals surface area (Å²) in [6, 6.07) is 34.1. The van der Waals surface area contributed by atoms with Crippen molar-refractivity contribution in [2.45, 2.75) is 4.75 Å². The Kier molecular flexibility index (Phi) is 3.77. The minimum Gasteiger partial charge on any atom is -0.457 e. The Bertz CT molecular complexity index is 1410. The molecule has 0 atom stereocenters. The van der Waals surface area contributed by atoms with E-state index in [0.717, 1.165) is 11.1 Å². The van der Waals surface area contributed by atoms with Crippen LogP contribution in [-0.4, -0.2) is 8.42 Å².